The third kappa shape index (κ3) is 3.46. The number of aromatic nitrogens is 1. The van der Waals surface area contributed by atoms with Gasteiger partial charge in [-0.25, -0.2) is 13.1 Å². The zero-order chi connectivity index (χ0) is 13.7. The lowest BCUT2D eigenvalue weighted by Gasteiger charge is -2.05. The van der Waals surface area contributed by atoms with E-state index in [1.54, 1.807) is 30.3 Å². The summed E-state index contributed by atoms with van der Waals surface area (Å²) in [5, 5.41) is 0. The molecule has 0 unspecified atom stereocenters. The fourth-order valence-corrected chi connectivity index (χ4v) is 2.42. The molecule has 98 valence electrons. The van der Waals surface area contributed by atoms with Crippen LogP contribution in [0.4, 0.5) is 0 Å². The summed E-state index contributed by atoms with van der Waals surface area (Å²) in [5.74, 6) is -0.284. The van der Waals surface area contributed by atoms with Gasteiger partial charge >= 0.3 is 0 Å². The van der Waals surface area contributed by atoms with E-state index in [2.05, 4.69) is 9.71 Å². The molecule has 1 aromatic carbocycles. The first-order valence-electron chi connectivity index (χ1n) is 5.57. The number of pyridine rings is 1. The third-order valence-corrected chi connectivity index (χ3v) is 3.85. The number of nitrogens with zero attached hydrogens (tertiary/aromatic N) is 1. The number of ketones is 1. The third-order valence-electron chi connectivity index (χ3n) is 2.46. The van der Waals surface area contributed by atoms with Crippen LogP contribution in [0.3, 0.4) is 0 Å². The van der Waals surface area contributed by atoms with Crippen LogP contribution >= 0.6 is 0 Å². The fourth-order valence-electron chi connectivity index (χ4n) is 1.48. The number of carbonyl (C=O) groups is 1. The Morgan fingerprint density at radius 1 is 1.11 bits per heavy atom. The van der Waals surface area contributed by atoms with Gasteiger partial charge in [-0.3, -0.25) is 9.78 Å². The molecule has 1 aromatic heterocycles. The lowest BCUT2D eigenvalue weighted by molar-refractivity contribution is 0.0997. The van der Waals surface area contributed by atoms with Crippen LogP contribution in [0.1, 0.15) is 10.4 Å². The summed E-state index contributed by atoms with van der Waals surface area (Å²) in [5.41, 5.74) is 0.469. The summed E-state index contributed by atoms with van der Waals surface area (Å²) in [6, 6.07) is 11.5. The smallest absolute Gasteiger partial charge is 0.242 e. The second-order valence-corrected chi connectivity index (χ2v) is 5.57. The summed E-state index contributed by atoms with van der Waals surface area (Å²) >= 11 is 0. The van der Waals surface area contributed by atoms with Gasteiger partial charge < -0.3 is 0 Å². The number of benzene rings is 1. The number of hydrogen-bond donors (Lipinski definition) is 1. The zero-order valence-electron chi connectivity index (χ0n) is 9.98. The molecule has 0 amide bonds. The Balaban J connectivity index is 2.05. The highest BCUT2D eigenvalue weighted by atomic mass is 32.2. The van der Waals surface area contributed by atoms with Crippen LogP contribution in [0.25, 0.3) is 0 Å². The highest BCUT2D eigenvalue weighted by Crippen LogP contribution is 2.06. The molecule has 0 fully saturated rings. The molecule has 5 nitrogen and oxygen atoms in total. The normalized spacial score (nSPS) is 11.2. The molecular weight excluding hydrogens is 264 g/mol. The van der Waals surface area contributed by atoms with Gasteiger partial charge in [0.25, 0.3) is 0 Å². The highest BCUT2D eigenvalue weighted by molar-refractivity contribution is 7.89. The molecule has 0 radical (unpaired) electrons. The molecule has 0 saturated heterocycles. The molecule has 2 rings (SSSR count). The molecule has 1 heterocycles. The van der Waals surface area contributed by atoms with Crippen LogP contribution in [-0.4, -0.2) is 25.7 Å². The van der Waals surface area contributed by atoms with E-state index in [0.717, 1.165) is 0 Å². The largest absolute Gasteiger partial charge is 0.293 e. The maximum absolute atomic E-state index is 11.9. The molecule has 0 atom stereocenters. The van der Waals surface area contributed by atoms with Crippen molar-refractivity contribution in [2.24, 2.45) is 0 Å². The van der Waals surface area contributed by atoms with Gasteiger partial charge in [0.1, 0.15) is 4.90 Å². The molecule has 2 aromatic rings. The summed E-state index contributed by atoms with van der Waals surface area (Å²) < 4.78 is 26.0. The standard InChI is InChI=1S/C13H12N2O3S/c16-13(11-5-2-1-3-6-11)10-15-19(17,18)12-7-4-8-14-9-12/h1-9,15H,10H2. The minimum atomic E-state index is -3.70. The predicted octanol–water partition coefficient (Wildman–Crippen LogP) is 1.24. The van der Waals surface area contributed by atoms with E-state index in [1.807, 2.05) is 0 Å². The van der Waals surface area contributed by atoms with Crippen LogP contribution < -0.4 is 4.72 Å². The molecule has 0 saturated carbocycles. The number of hydrogen-bond acceptors (Lipinski definition) is 4. The molecule has 0 aliphatic carbocycles. The van der Waals surface area contributed by atoms with Crippen molar-refractivity contribution in [1.82, 2.24) is 9.71 Å². The van der Waals surface area contributed by atoms with Gasteiger partial charge in [0.15, 0.2) is 5.78 Å². The van der Waals surface area contributed by atoms with E-state index in [1.165, 1.54) is 24.5 Å². The molecule has 0 aliphatic rings. The van der Waals surface area contributed by atoms with Crippen molar-refractivity contribution in [3.05, 3.63) is 60.4 Å². The Kier molecular flexibility index (Phi) is 4.03. The average molecular weight is 276 g/mol. The van der Waals surface area contributed by atoms with Crippen molar-refractivity contribution >= 4 is 15.8 Å². The topological polar surface area (TPSA) is 76.1 Å². The summed E-state index contributed by atoms with van der Waals surface area (Å²) in [6.45, 7) is -0.277. The monoisotopic (exact) mass is 276 g/mol. The van der Waals surface area contributed by atoms with E-state index >= 15 is 0 Å². The quantitative estimate of drug-likeness (QED) is 0.834. The number of nitrogens with one attached hydrogen (secondary N) is 1. The van der Waals surface area contributed by atoms with Gasteiger partial charge in [0, 0.05) is 18.0 Å². The second kappa shape index (κ2) is 5.73. The van der Waals surface area contributed by atoms with Crippen molar-refractivity contribution in [2.45, 2.75) is 4.90 Å². The first-order valence-corrected chi connectivity index (χ1v) is 7.06. The van der Waals surface area contributed by atoms with Crippen LogP contribution in [-0.2, 0) is 10.0 Å². The Morgan fingerprint density at radius 3 is 2.47 bits per heavy atom. The second-order valence-electron chi connectivity index (χ2n) is 3.80. The Morgan fingerprint density at radius 2 is 1.84 bits per heavy atom. The molecule has 0 spiro atoms. The number of rotatable bonds is 5. The Bertz CT molecular complexity index is 655. The van der Waals surface area contributed by atoms with Crippen molar-refractivity contribution in [2.75, 3.05) is 6.54 Å². The van der Waals surface area contributed by atoms with Crippen molar-refractivity contribution in [1.29, 1.82) is 0 Å². The molecule has 1 N–H and O–H groups in total. The van der Waals surface area contributed by atoms with Gasteiger partial charge in [-0.05, 0) is 12.1 Å². The van der Waals surface area contributed by atoms with Crippen LogP contribution in [0.2, 0.25) is 0 Å². The first kappa shape index (κ1) is 13.4. The Hall–Kier alpha value is -2.05. The molecule has 0 aliphatic heterocycles. The van der Waals surface area contributed by atoms with Gasteiger partial charge in [0.2, 0.25) is 10.0 Å². The summed E-state index contributed by atoms with van der Waals surface area (Å²) in [4.78, 5) is 15.6. The molecular formula is C13H12N2O3S. The summed E-state index contributed by atoms with van der Waals surface area (Å²) in [7, 11) is -3.70. The van der Waals surface area contributed by atoms with E-state index in [4.69, 9.17) is 0 Å². The van der Waals surface area contributed by atoms with Gasteiger partial charge in [-0.15, -0.1) is 0 Å². The van der Waals surface area contributed by atoms with Crippen molar-refractivity contribution in [3.8, 4) is 0 Å². The average Bonchev–Trinajstić information content (AvgIpc) is 2.47. The highest BCUT2D eigenvalue weighted by Gasteiger charge is 2.15. The van der Waals surface area contributed by atoms with Gasteiger partial charge in [-0.2, -0.15) is 0 Å². The van der Waals surface area contributed by atoms with Crippen molar-refractivity contribution in [3.63, 3.8) is 0 Å². The predicted molar refractivity (Wildman–Crippen MR) is 70.2 cm³/mol. The minimum Gasteiger partial charge on any atom is -0.293 e. The Labute approximate surface area is 111 Å². The molecule has 6 heteroatoms. The van der Waals surface area contributed by atoms with E-state index in [0.29, 0.717) is 5.56 Å². The number of Topliss-reactive ketones (excluding diaryl/α,β-unsaturated/α-hetero) is 1. The van der Waals surface area contributed by atoms with Crippen LogP contribution in [0.5, 0.6) is 0 Å². The van der Waals surface area contributed by atoms with Crippen molar-refractivity contribution < 1.29 is 13.2 Å². The minimum absolute atomic E-state index is 0.0378. The van der Waals surface area contributed by atoms with E-state index < -0.39 is 10.0 Å². The SMILES string of the molecule is O=C(CNS(=O)(=O)c1cccnc1)c1ccccc1. The molecule has 0 bridgehead atoms. The van der Waals surface area contributed by atoms with Crippen LogP contribution in [0, 0.1) is 0 Å². The van der Waals surface area contributed by atoms with Crippen LogP contribution in [0.15, 0.2) is 59.8 Å². The maximum atomic E-state index is 11.9. The lowest BCUT2D eigenvalue weighted by Crippen LogP contribution is -2.29. The maximum Gasteiger partial charge on any atom is 0.242 e. The number of carbonyl (C=O) groups excluding carboxylic acids is 1. The van der Waals surface area contributed by atoms with E-state index in [9.17, 15) is 13.2 Å². The molecule has 19 heavy (non-hydrogen) atoms. The fraction of sp³-hybridized carbons (Fsp3) is 0.0769. The first-order chi connectivity index (χ1) is 9.09. The summed E-state index contributed by atoms with van der Waals surface area (Å²) in [6.07, 6.45) is 2.71. The van der Waals surface area contributed by atoms with Gasteiger partial charge in [-0.1, -0.05) is 30.3 Å². The van der Waals surface area contributed by atoms with Gasteiger partial charge in [0.05, 0.1) is 6.54 Å². The number of sulfonamides is 1. The zero-order valence-corrected chi connectivity index (χ0v) is 10.8. The lowest BCUT2D eigenvalue weighted by atomic mass is 10.1. The van der Waals surface area contributed by atoms with E-state index in [-0.39, 0.29) is 17.2 Å².